The maximum atomic E-state index is 13.0. The van der Waals surface area contributed by atoms with Gasteiger partial charge in [-0.15, -0.1) is 0 Å². The van der Waals surface area contributed by atoms with Crippen LogP contribution >= 0.6 is 0 Å². The summed E-state index contributed by atoms with van der Waals surface area (Å²) < 4.78 is 23.7. The van der Waals surface area contributed by atoms with Crippen molar-refractivity contribution in [1.82, 2.24) is 5.32 Å². The molecule has 2 aromatic rings. The molecule has 0 heterocycles. The van der Waals surface area contributed by atoms with Crippen LogP contribution in [0, 0.1) is 5.82 Å². The van der Waals surface area contributed by atoms with Gasteiger partial charge in [0.1, 0.15) is 12.4 Å². The van der Waals surface area contributed by atoms with E-state index in [1.807, 2.05) is 12.1 Å². The summed E-state index contributed by atoms with van der Waals surface area (Å²) >= 11 is 0. The molecule has 1 N–H and O–H groups in total. The van der Waals surface area contributed by atoms with Crippen LogP contribution in [0.1, 0.15) is 5.56 Å². The molecule has 0 aromatic heterocycles. The van der Waals surface area contributed by atoms with Crippen molar-refractivity contribution in [2.24, 2.45) is 0 Å². The summed E-state index contributed by atoms with van der Waals surface area (Å²) in [6.45, 7) is 0.696. The zero-order valence-electron chi connectivity index (χ0n) is 12.3. The van der Waals surface area contributed by atoms with Crippen molar-refractivity contribution >= 4 is 5.91 Å². The molecule has 0 unspecified atom stereocenters. The molecule has 2 rings (SSSR count). The Hall–Kier alpha value is -2.56. The monoisotopic (exact) mass is 303 g/mol. The second-order valence-corrected chi connectivity index (χ2v) is 4.66. The van der Waals surface area contributed by atoms with Gasteiger partial charge in [0, 0.05) is 0 Å². The lowest BCUT2D eigenvalue weighted by Gasteiger charge is -2.10. The average Bonchev–Trinajstić information content (AvgIpc) is 2.52. The Bertz CT molecular complexity index is 631. The Morgan fingerprint density at radius 1 is 1.14 bits per heavy atom. The Balaban J connectivity index is 1.73. The smallest absolute Gasteiger partial charge is 0.224 e. The van der Waals surface area contributed by atoms with Crippen molar-refractivity contribution < 1.29 is 18.7 Å². The summed E-state index contributed by atoms with van der Waals surface area (Å²) in [6.07, 6.45) is 0.145. The molecule has 2 aromatic carbocycles. The number of benzene rings is 2. The molecule has 0 bridgehead atoms. The largest absolute Gasteiger partial charge is 0.493 e. The molecule has 5 heteroatoms. The topological polar surface area (TPSA) is 47.6 Å². The Morgan fingerprint density at radius 3 is 2.64 bits per heavy atom. The highest BCUT2D eigenvalue weighted by Crippen LogP contribution is 2.25. The average molecular weight is 303 g/mol. The standard InChI is InChI=1S/C17H18FNO3/c1-21-15-7-2-3-8-16(15)22-10-9-19-17(20)12-13-5-4-6-14(18)11-13/h2-8,11H,9-10,12H2,1H3,(H,19,20). The lowest BCUT2D eigenvalue weighted by Crippen LogP contribution is -2.29. The predicted octanol–water partition coefficient (Wildman–Crippen LogP) is 2.57. The van der Waals surface area contributed by atoms with Crippen molar-refractivity contribution in [3.05, 3.63) is 59.9 Å². The quantitative estimate of drug-likeness (QED) is 0.800. The number of methoxy groups -OCH3 is 1. The molecule has 0 saturated carbocycles. The molecule has 0 aliphatic rings. The van der Waals surface area contributed by atoms with E-state index >= 15 is 0 Å². The number of hydrogen-bond donors (Lipinski definition) is 1. The summed E-state index contributed by atoms with van der Waals surface area (Å²) in [5.74, 6) is 0.761. The molecule has 0 atom stereocenters. The van der Waals surface area contributed by atoms with Crippen molar-refractivity contribution in [3.8, 4) is 11.5 Å². The van der Waals surface area contributed by atoms with E-state index < -0.39 is 0 Å². The van der Waals surface area contributed by atoms with Crippen LogP contribution in [0.4, 0.5) is 4.39 Å². The third kappa shape index (κ3) is 4.77. The number of carbonyl (C=O) groups is 1. The number of rotatable bonds is 7. The number of amides is 1. The van der Waals surface area contributed by atoms with Crippen LogP contribution in [0.15, 0.2) is 48.5 Å². The Kier molecular flexibility index (Phi) is 5.77. The van der Waals surface area contributed by atoms with E-state index in [1.165, 1.54) is 12.1 Å². The SMILES string of the molecule is COc1ccccc1OCCNC(=O)Cc1cccc(F)c1. The summed E-state index contributed by atoms with van der Waals surface area (Å²) in [7, 11) is 1.57. The lowest BCUT2D eigenvalue weighted by atomic mass is 10.1. The molecule has 0 fully saturated rings. The first-order valence-corrected chi connectivity index (χ1v) is 6.96. The van der Waals surface area contributed by atoms with E-state index in [1.54, 1.807) is 31.4 Å². The van der Waals surface area contributed by atoms with Gasteiger partial charge in [-0.05, 0) is 29.8 Å². The first kappa shape index (κ1) is 15.8. The lowest BCUT2D eigenvalue weighted by molar-refractivity contribution is -0.120. The first-order chi connectivity index (χ1) is 10.7. The molecule has 4 nitrogen and oxygen atoms in total. The van der Waals surface area contributed by atoms with E-state index in [0.29, 0.717) is 30.2 Å². The third-order valence-corrected chi connectivity index (χ3v) is 3.00. The van der Waals surface area contributed by atoms with Crippen LogP contribution in [0.2, 0.25) is 0 Å². The number of carbonyl (C=O) groups excluding carboxylic acids is 1. The third-order valence-electron chi connectivity index (χ3n) is 3.00. The van der Waals surface area contributed by atoms with Gasteiger partial charge in [0.05, 0.1) is 20.1 Å². The number of nitrogens with one attached hydrogen (secondary N) is 1. The molecule has 22 heavy (non-hydrogen) atoms. The van der Waals surface area contributed by atoms with Crippen molar-refractivity contribution in [3.63, 3.8) is 0 Å². The molecule has 116 valence electrons. The van der Waals surface area contributed by atoms with Gasteiger partial charge in [-0.3, -0.25) is 4.79 Å². The zero-order chi connectivity index (χ0) is 15.8. The molecular weight excluding hydrogens is 285 g/mol. The van der Waals surface area contributed by atoms with E-state index in [4.69, 9.17) is 9.47 Å². The minimum absolute atomic E-state index is 0.145. The van der Waals surface area contributed by atoms with E-state index in [2.05, 4.69) is 5.32 Å². The number of halogens is 1. The van der Waals surface area contributed by atoms with Crippen molar-refractivity contribution in [1.29, 1.82) is 0 Å². The fourth-order valence-corrected chi connectivity index (χ4v) is 1.98. The van der Waals surface area contributed by atoms with Crippen LogP contribution in [-0.4, -0.2) is 26.2 Å². The molecule has 1 amide bonds. The van der Waals surface area contributed by atoms with E-state index in [-0.39, 0.29) is 18.1 Å². The van der Waals surface area contributed by atoms with Gasteiger partial charge < -0.3 is 14.8 Å². The Labute approximate surface area is 128 Å². The van der Waals surface area contributed by atoms with Gasteiger partial charge in [0.15, 0.2) is 11.5 Å². The zero-order valence-corrected chi connectivity index (χ0v) is 12.3. The van der Waals surface area contributed by atoms with Crippen molar-refractivity contribution in [2.75, 3.05) is 20.3 Å². The summed E-state index contributed by atoms with van der Waals surface area (Å²) in [5.41, 5.74) is 0.642. The fourth-order valence-electron chi connectivity index (χ4n) is 1.98. The summed E-state index contributed by atoms with van der Waals surface area (Å²) in [6, 6.07) is 13.3. The minimum Gasteiger partial charge on any atom is -0.493 e. The summed E-state index contributed by atoms with van der Waals surface area (Å²) in [5, 5.41) is 2.73. The Morgan fingerprint density at radius 2 is 1.91 bits per heavy atom. The highest BCUT2D eigenvalue weighted by Gasteiger charge is 2.05. The van der Waals surface area contributed by atoms with Gasteiger partial charge in [-0.2, -0.15) is 0 Å². The highest BCUT2D eigenvalue weighted by atomic mass is 19.1. The minimum atomic E-state index is -0.343. The number of ether oxygens (including phenoxy) is 2. The molecule has 0 aliphatic carbocycles. The second-order valence-electron chi connectivity index (χ2n) is 4.66. The van der Waals surface area contributed by atoms with Gasteiger partial charge in [-0.25, -0.2) is 4.39 Å². The van der Waals surface area contributed by atoms with Crippen LogP contribution in [0.5, 0.6) is 11.5 Å². The number of para-hydroxylation sites is 2. The van der Waals surface area contributed by atoms with E-state index in [0.717, 1.165) is 0 Å². The fraction of sp³-hybridized carbons (Fsp3) is 0.235. The maximum Gasteiger partial charge on any atom is 0.224 e. The van der Waals surface area contributed by atoms with Gasteiger partial charge >= 0.3 is 0 Å². The van der Waals surface area contributed by atoms with E-state index in [9.17, 15) is 9.18 Å². The van der Waals surface area contributed by atoms with Crippen LogP contribution < -0.4 is 14.8 Å². The molecule has 0 radical (unpaired) electrons. The van der Waals surface area contributed by atoms with Crippen LogP contribution in [-0.2, 0) is 11.2 Å². The van der Waals surface area contributed by atoms with Crippen LogP contribution in [0.25, 0.3) is 0 Å². The molecular formula is C17H18FNO3. The predicted molar refractivity (Wildman–Crippen MR) is 81.6 cm³/mol. The second kappa shape index (κ2) is 8.02. The molecule has 0 aliphatic heterocycles. The van der Waals surface area contributed by atoms with Gasteiger partial charge in [0.25, 0.3) is 0 Å². The normalized spacial score (nSPS) is 10.1. The highest BCUT2D eigenvalue weighted by molar-refractivity contribution is 5.78. The maximum absolute atomic E-state index is 13.0. The summed E-state index contributed by atoms with van der Waals surface area (Å²) in [4.78, 5) is 11.7. The number of hydrogen-bond acceptors (Lipinski definition) is 3. The molecule has 0 saturated heterocycles. The van der Waals surface area contributed by atoms with Crippen molar-refractivity contribution in [2.45, 2.75) is 6.42 Å². The van der Waals surface area contributed by atoms with Gasteiger partial charge in [0.2, 0.25) is 5.91 Å². The van der Waals surface area contributed by atoms with Crippen LogP contribution in [0.3, 0.4) is 0 Å². The first-order valence-electron chi connectivity index (χ1n) is 6.96. The van der Waals surface area contributed by atoms with Gasteiger partial charge in [-0.1, -0.05) is 24.3 Å². The molecule has 0 spiro atoms.